The number of ether oxygens (including phenoxy) is 1. The van der Waals surface area contributed by atoms with Gasteiger partial charge in [-0.05, 0) is 25.5 Å². The Hall–Kier alpha value is -1.13. The van der Waals surface area contributed by atoms with Crippen molar-refractivity contribution in [3.63, 3.8) is 0 Å². The number of rotatable bonds is 6. The predicted molar refractivity (Wildman–Crippen MR) is 81.7 cm³/mol. The van der Waals surface area contributed by atoms with Crippen molar-refractivity contribution in [2.45, 2.75) is 51.1 Å². The second kappa shape index (κ2) is 7.04. The highest BCUT2D eigenvalue weighted by Gasteiger charge is 2.35. The number of hydrogen-bond acceptors (Lipinski definition) is 4. The minimum atomic E-state index is 0.164. The Morgan fingerprint density at radius 1 is 1.30 bits per heavy atom. The van der Waals surface area contributed by atoms with E-state index in [-0.39, 0.29) is 5.54 Å². The third-order valence-corrected chi connectivity index (χ3v) is 4.56. The Balaban J connectivity index is 2.14. The van der Waals surface area contributed by atoms with Gasteiger partial charge in [-0.1, -0.05) is 32.3 Å². The van der Waals surface area contributed by atoms with Crippen LogP contribution in [0.25, 0.3) is 0 Å². The number of pyridine rings is 1. The van der Waals surface area contributed by atoms with Crippen LogP contribution in [0.5, 0.6) is 5.88 Å². The molecule has 0 aromatic carbocycles. The van der Waals surface area contributed by atoms with Gasteiger partial charge in [-0.3, -0.25) is 4.90 Å². The molecular weight excluding hydrogens is 250 g/mol. The standard InChI is InChI=1S/C16H27N3O/c1-3-19(16(13-17)10-5-4-6-11-16)12-14-8-7-9-15(18-14)20-2/h7-9H,3-6,10-13,17H2,1-2H3. The molecule has 1 aliphatic rings. The lowest BCUT2D eigenvalue weighted by molar-refractivity contribution is 0.0534. The molecule has 4 heteroatoms. The molecule has 4 nitrogen and oxygen atoms in total. The van der Waals surface area contributed by atoms with Crippen molar-refractivity contribution in [1.82, 2.24) is 9.88 Å². The molecule has 0 spiro atoms. The Morgan fingerprint density at radius 3 is 2.65 bits per heavy atom. The van der Waals surface area contributed by atoms with Crippen molar-refractivity contribution in [2.75, 3.05) is 20.2 Å². The summed E-state index contributed by atoms with van der Waals surface area (Å²) in [6.45, 7) is 4.82. The normalized spacial score (nSPS) is 18.2. The van der Waals surface area contributed by atoms with Crippen LogP contribution in [-0.4, -0.2) is 35.6 Å². The van der Waals surface area contributed by atoms with Crippen molar-refractivity contribution in [1.29, 1.82) is 0 Å². The van der Waals surface area contributed by atoms with Gasteiger partial charge in [-0.15, -0.1) is 0 Å². The van der Waals surface area contributed by atoms with Crippen LogP contribution < -0.4 is 10.5 Å². The fourth-order valence-electron chi connectivity index (χ4n) is 3.33. The van der Waals surface area contributed by atoms with Crippen LogP contribution in [-0.2, 0) is 6.54 Å². The summed E-state index contributed by atoms with van der Waals surface area (Å²) in [5.74, 6) is 0.684. The maximum atomic E-state index is 6.14. The van der Waals surface area contributed by atoms with Crippen molar-refractivity contribution in [3.8, 4) is 5.88 Å². The first kappa shape index (κ1) is 15.3. The van der Waals surface area contributed by atoms with Gasteiger partial charge >= 0.3 is 0 Å². The zero-order valence-corrected chi connectivity index (χ0v) is 12.8. The third kappa shape index (κ3) is 3.30. The largest absolute Gasteiger partial charge is 0.481 e. The van der Waals surface area contributed by atoms with Crippen LogP contribution in [0.4, 0.5) is 0 Å². The molecule has 0 bridgehead atoms. The molecule has 1 fully saturated rings. The molecule has 1 aromatic rings. The van der Waals surface area contributed by atoms with Crippen LogP contribution in [0, 0.1) is 0 Å². The van der Waals surface area contributed by atoms with E-state index < -0.39 is 0 Å². The van der Waals surface area contributed by atoms with Gasteiger partial charge in [0.1, 0.15) is 0 Å². The fourth-order valence-corrected chi connectivity index (χ4v) is 3.33. The Bertz CT molecular complexity index is 416. The van der Waals surface area contributed by atoms with Gasteiger partial charge in [0.05, 0.1) is 12.8 Å². The summed E-state index contributed by atoms with van der Waals surface area (Å²) in [5, 5.41) is 0. The highest BCUT2D eigenvalue weighted by molar-refractivity contribution is 5.16. The van der Waals surface area contributed by atoms with E-state index in [1.165, 1.54) is 32.1 Å². The molecule has 0 amide bonds. The quantitative estimate of drug-likeness (QED) is 0.868. The maximum Gasteiger partial charge on any atom is 0.213 e. The molecule has 112 valence electrons. The van der Waals surface area contributed by atoms with Crippen molar-refractivity contribution >= 4 is 0 Å². The van der Waals surface area contributed by atoms with E-state index in [4.69, 9.17) is 10.5 Å². The van der Waals surface area contributed by atoms with Gasteiger partial charge in [0, 0.05) is 24.7 Å². The van der Waals surface area contributed by atoms with Gasteiger partial charge in [0.25, 0.3) is 0 Å². The molecule has 1 aliphatic carbocycles. The summed E-state index contributed by atoms with van der Waals surface area (Å²) in [7, 11) is 1.66. The van der Waals surface area contributed by atoms with Gasteiger partial charge < -0.3 is 10.5 Å². The smallest absolute Gasteiger partial charge is 0.213 e. The second-order valence-electron chi connectivity index (χ2n) is 5.67. The monoisotopic (exact) mass is 277 g/mol. The van der Waals surface area contributed by atoms with Crippen LogP contribution >= 0.6 is 0 Å². The summed E-state index contributed by atoms with van der Waals surface area (Å²) in [6, 6.07) is 5.96. The molecule has 20 heavy (non-hydrogen) atoms. The first-order chi connectivity index (χ1) is 9.74. The van der Waals surface area contributed by atoms with Crippen molar-refractivity contribution < 1.29 is 4.74 Å². The average Bonchev–Trinajstić information content (AvgIpc) is 2.53. The minimum Gasteiger partial charge on any atom is -0.481 e. The van der Waals surface area contributed by atoms with E-state index in [0.717, 1.165) is 25.3 Å². The number of aromatic nitrogens is 1. The SMILES string of the molecule is CCN(Cc1cccc(OC)n1)C1(CN)CCCCC1. The maximum absolute atomic E-state index is 6.14. The van der Waals surface area contributed by atoms with Gasteiger partial charge in [0.15, 0.2) is 0 Å². The zero-order valence-electron chi connectivity index (χ0n) is 12.8. The highest BCUT2D eigenvalue weighted by atomic mass is 16.5. The molecule has 1 heterocycles. The Kier molecular flexibility index (Phi) is 5.38. The first-order valence-corrected chi connectivity index (χ1v) is 7.69. The molecule has 0 atom stereocenters. The lowest BCUT2D eigenvalue weighted by atomic mass is 9.80. The summed E-state index contributed by atoms with van der Waals surface area (Å²) in [5.41, 5.74) is 7.36. The van der Waals surface area contributed by atoms with E-state index in [2.05, 4.69) is 22.9 Å². The topological polar surface area (TPSA) is 51.4 Å². The molecule has 0 saturated heterocycles. The van der Waals surface area contributed by atoms with Crippen LogP contribution in [0.15, 0.2) is 18.2 Å². The average molecular weight is 277 g/mol. The second-order valence-corrected chi connectivity index (χ2v) is 5.67. The third-order valence-electron chi connectivity index (χ3n) is 4.56. The van der Waals surface area contributed by atoms with Crippen LogP contribution in [0.3, 0.4) is 0 Å². The highest BCUT2D eigenvalue weighted by Crippen LogP contribution is 2.33. The Labute approximate surface area is 122 Å². The number of nitrogens with two attached hydrogens (primary N) is 1. The molecule has 2 rings (SSSR count). The van der Waals surface area contributed by atoms with Gasteiger partial charge in [-0.25, -0.2) is 4.98 Å². The van der Waals surface area contributed by atoms with Crippen LogP contribution in [0.1, 0.15) is 44.7 Å². The van der Waals surface area contributed by atoms with Gasteiger partial charge in [0.2, 0.25) is 5.88 Å². The van der Waals surface area contributed by atoms with E-state index in [0.29, 0.717) is 5.88 Å². The first-order valence-electron chi connectivity index (χ1n) is 7.69. The summed E-state index contributed by atoms with van der Waals surface area (Å²) < 4.78 is 5.21. The fraction of sp³-hybridized carbons (Fsp3) is 0.688. The van der Waals surface area contributed by atoms with E-state index in [1.807, 2.05) is 12.1 Å². The summed E-state index contributed by atoms with van der Waals surface area (Å²) in [4.78, 5) is 7.04. The summed E-state index contributed by atoms with van der Waals surface area (Å²) >= 11 is 0. The molecule has 1 aromatic heterocycles. The number of hydrogen-bond donors (Lipinski definition) is 1. The summed E-state index contributed by atoms with van der Waals surface area (Å²) in [6.07, 6.45) is 6.35. The molecule has 0 aliphatic heterocycles. The molecule has 0 radical (unpaired) electrons. The van der Waals surface area contributed by atoms with E-state index in [9.17, 15) is 0 Å². The predicted octanol–water partition coefficient (Wildman–Crippen LogP) is 2.57. The Morgan fingerprint density at radius 2 is 2.05 bits per heavy atom. The number of likely N-dealkylation sites (N-methyl/N-ethyl adjacent to an activating group) is 1. The number of nitrogens with zero attached hydrogens (tertiary/aromatic N) is 2. The minimum absolute atomic E-state index is 0.164. The van der Waals surface area contributed by atoms with Crippen molar-refractivity contribution in [3.05, 3.63) is 23.9 Å². The van der Waals surface area contributed by atoms with E-state index >= 15 is 0 Å². The van der Waals surface area contributed by atoms with Crippen molar-refractivity contribution in [2.24, 2.45) is 5.73 Å². The zero-order chi connectivity index (χ0) is 14.4. The lowest BCUT2D eigenvalue weighted by Gasteiger charge is -2.45. The van der Waals surface area contributed by atoms with Crippen LogP contribution in [0.2, 0.25) is 0 Å². The molecule has 2 N–H and O–H groups in total. The van der Waals surface area contributed by atoms with E-state index in [1.54, 1.807) is 7.11 Å². The molecule has 1 saturated carbocycles. The molecule has 0 unspecified atom stereocenters. The molecular formula is C16H27N3O. The number of methoxy groups -OCH3 is 1. The van der Waals surface area contributed by atoms with Gasteiger partial charge in [-0.2, -0.15) is 0 Å². The lowest BCUT2D eigenvalue weighted by Crippen LogP contribution is -2.54.